The van der Waals surface area contributed by atoms with E-state index in [2.05, 4.69) is 20.5 Å². The zero-order valence-corrected chi connectivity index (χ0v) is 8.48. The van der Waals surface area contributed by atoms with Crippen LogP contribution in [0.5, 0.6) is 0 Å². The number of carbonyl (C=O) groups is 2. The van der Waals surface area contributed by atoms with Gasteiger partial charge in [0.15, 0.2) is 0 Å². The summed E-state index contributed by atoms with van der Waals surface area (Å²) in [6.07, 6.45) is 1.55. The van der Waals surface area contributed by atoms with Crippen molar-refractivity contribution in [2.45, 2.75) is 0 Å². The van der Waals surface area contributed by atoms with Gasteiger partial charge in [-0.3, -0.25) is 14.8 Å². The third-order valence-electron chi connectivity index (χ3n) is 1.68. The maximum atomic E-state index is 11.2. The Morgan fingerprint density at radius 2 is 2.33 bits per heavy atom. The third-order valence-corrected chi connectivity index (χ3v) is 1.68. The predicted molar refractivity (Wildman–Crippen MR) is 52.2 cm³/mol. The number of hydrogen-bond donors (Lipinski definition) is 2. The van der Waals surface area contributed by atoms with Gasteiger partial charge in [-0.25, -0.2) is 4.79 Å². The molecule has 7 nitrogen and oxygen atoms in total. The van der Waals surface area contributed by atoms with Crippen LogP contribution in [-0.2, 0) is 16.6 Å². The van der Waals surface area contributed by atoms with Crippen molar-refractivity contribution in [3.8, 4) is 0 Å². The van der Waals surface area contributed by atoms with Gasteiger partial charge < -0.3 is 10.1 Å². The molecule has 0 radical (unpaired) electrons. The number of amides is 2. The van der Waals surface area contributed by atoms with Gasteiger partial charge in [-0.1, -0.05) is 0 Å². The summed E-state index contributed by atoms with van der Waals surface area (Å²) in [4.78, 5) is 21.9. The fourth-order valence-electron chi connectivity index (χ4n) is 0.882. The molecule has 1 rings (SSSR count). The van der Waals surface area contributed by atoms with Gasteiger partial charge in [0.2, 0.25) is 0 Å². The normalized spacial score (nSPS) is 9.47. The predicted octanol–water partition coefficient (Wildman–Crippen LogP) is -0.285. The average Bonchev–Trinajstić information content (AvgIpc) is 2.61. The highest BCUT2D eigenvalue weighted by Gasteiger charge is 2.06. The first-order valence-electron chi connectivity index (χ1n) is 4.23. The molecular formula is C8H12N4O3. The van der Waals surface area contributed by atoms with Crippen LogP contribution < -0.4 is 10.6 Å². The summed E-state index contributed by atoms with van der Waals surface area (Å²) < 4.78 is 5.86. The lowest BCUT2D eigenvalue weighted by Crippen LogP contribution is -2.34. The number of ether oxygens (including phenoxy) is 1. The first-order chi connectivity index (χ1) is 7.13. The van der Waals surface area contributed by atoms with Crippen molar-refractivity contribution in [3.05, 3.63) is 12.3 Å². The van der Waals surface area contributed by atoms with Crippen molar-refractivity contribution < 1.29 is 14.3 Å². The second-order valence-electron chi connectivity index (χ2n) is 2.72. The fraction of sp³-hybridized carbons (Fsp3) is 0.375. The lowest BCUT2D eigenvalue weighted by Gasteiger charge is -2.06. The molecule has 0 fully saturated rings. The fourth-order valence-corrected chi connectivity index (χ4v) is 0.882. The van der Waals surface area contributed by atoms with E-state index in [9.17, 15) is 9.59 Å². The number of rotatable bonds is 3. The number of urea groups is 1. The van der Waals surface area contributed by atoms with E-state index in [0.717, 1.165) is 0 Å². The highest BCUT2D eigenvalue weighted by atomic mass is 16.5. The molecule has 0 saturated heterocycles. The SMILES string of the molecule is COC(=O)CNC(=O)Nc1ccnn1C. The summed E-state index contributed by atoms with van der Waals surface area (Å²) in [6.45, 7) is -0.166. The lowest BCUT2D eigenvalue weighted by molar-refractivity contribution is -0.139. The maximum absolute atomic E-state index is 11.2. The first kappa shape index (κ1) is 11.0. The Morgan fingerprint density at radius 3 is 2.87 bits per heavy atom. The Labute approximate surface area is 86.4 Å². The number of carbonyl (C=O) groups excluding carboxylic acids is 2. The number of anilines is 1. The number of hydrogen-bond acceptors (Lipinski definition) is 4. The largest absolute Gasteiger partial charge is 0.468 e. The van der Waals surface area contributed by atoms with Gasteiger partial charge in [-0.2, -0.15) is 5.10 Å². The maximum Gasteiger partial charge on any atom is 0.325 e. The van der Waals surface area contributed by atoms with Gasteiger partial charge in [0, 0.05) is 13.1 Å². The number of aromatic nitrogens is 2. The minimum absolute atomic E-state index is 0.166. The molecule has 82 valence electrons. The molecule has 0 atom stereocenters. The van der Waals surface area contributed by atoms with Gasteiger partial charge in [0.05, 0.1) is 13.3 Å². The molecule has 0 bridgehead atoms. The Morgan fingerprint density at radius 1 is 1.60 bits per heavy atom. The number of methoxy groups -OCH3 is 1. The van der Waals surface area contributed by atoms with Gasteiger partial charge in [-0.15, -0.1) is 0 Å². The smallest absolute Gasteiger partial charge is 0.325 e. The van der Waals surface area contributed by atoms with Crippen LogP contribution >= 0.6 is 0 Å². The van der Waals surface area contributed by atoms with Crippen LogP contribution in [0, 0.1) is 0 Å². The standard InChI is InChI=1S/C8H12N4O3/c1-12-6(3-4-10-12)11-8(14)9-5-7(13)15-2/h3-4H,5H2,1-2H3,(H2,9,11,14). The summed E-state index contributed by atoms with van der Waals surface area (Å²) in [5.41, 5.74) is 0. The molecule has 7 heteroatoms. The monoisotopic (exact) mass is 212 g/mol. The number of esters is 1. The van der Waals surface area contributed by atoms with Gasteiger partial charge in [0.25, 0.3) is 0 Å². The third kappa shape index (κ3) is 3.29. The molecular weight excluding hydrogens is 200 g/mol. The van der Waals surface area contributed by atoms with Crippen LogP contribution in [0.1, 0.15) is 0 Å². The highest BCUT2D eigenvalue weighted by molar-refractivity contribution is 5.90. The quantitative estimate of drug-likeness (QED) is 0.674. The van der Waals surface area contributed by atoms with Crippen LogP contribution in [0.3, 0.4) is 0 Å². The minimum atomic E-state index is -0.504. The molecule has 15 heavy (non-hydrogen) atoms. The molecule has 0 saturated carbocycles. The van der Waals surface area contributed by atoms with E-state index in [0.29, 0.717) is 5.82 Å². The number of aryl methyl sites for hydroxylation is 1. The van der Waals surface area contributed by atoms with E-state index in [1.165, 1.54) is 11.8 Å². The second-order valence-corrected chi connectivity index (χ2v) is 2.72. The van der Waals surface area contributed by atoms with Gasteiger partial charge >= 0.3 is 12.0 Å². The average molecular weight is 212 g/mol. The topological polar surface area (TPSA) is 85.2 Å². The van der Waals surface area contributed by atoms with Crippen LogP contribution in [0.2, 0.25) is 0 Å². The second kappa shape index (κ2) is 4.99. The van der Waals surface area contributed by atoms with E-state index in [4.69, 9.17) is 0 Å². The molecule has 0 spiro atoms. The van der Waals surface area contributed by atoms with Crippen molar-refractivity contribution in [1.82, 2.24) is 15.1 Å². The molecule has 1 heterocycles. The molecule has 0 aromatic carbocycles. The van der Waals surface area contributed by atoms with E-state index in [1.807, 2.05) is 0 Å². The molecule has 0 unspecified atom stereocenters. The number of nitrogens with zero attached hydrogens (tertiary/aromatic N) is 2. The first-order valence-corrected chi connectivity index (χ1v) is 4.23. The van der Waals surface area contributed by atoms with Crippen LogP contribution in [0.4, 0.5) is 10.6 Å². The van der Waals surface area contributed by atoms with Crippen molar-refractivity contribution >= 4 is 17.8 Å². The lowest BCUT2D eigenvalue weighted by atomic mass is 10.6. The minimum Gasteiger partial charge on any atom is -0.468 e. The molecule has 1 aromatic heterocycles. The van der Waals surface area contributed by atoms with Gasteiger partial charge in [0.1, 0.15) is 12.4 Å². The summed E-state index contributed by atoms with van der Waals surface area (Å²) in [5, 5.41) is 8.71. The zero-order chi connectivity index (χ0) is 11.3. The summed E-state index contributed by atoms with van der Waals surface area (Å²) in [5.74, 6) is 0.0347. The van der Waals surface area contributed by atoms with E-state index < -0.39 is 12.0 Å². The Kier molecular flexibility index (Phi) is 3.67. The zero-order valence-electron chi connectivity index (χ0n) is 8.48. The summed E-state index contributed by atoms with van der Waals surface area (Å²) in [7, 11) is 2.94. The Bertz CT molecular complexity index is 361. The van der Waals surface area contributed by atoms with E-state index >= 15 is 0 Å². The molecule has 0 aliphatic carbocycles. The van der Waals surface area contributed by atoms with Crippen molar-refractivity contribution in [1.29, 1.82) is 0 Å². The van der Waals surface area contributed by atoms with Crippen molar-refractivity contribution in [2.24, 2.45) is 7.05 Å². The molecule has 2 amide bonds. The van der Waals surface area contributed by atoms with Crippen molar-refractivity contribution in [3.63, 3.8) is 0 Å². The summed E-state index contributed by atoms with van der Waals surface area (Å²) in [6, 6.07) is 1.15. The molecule has 1 aromatic rings. The van der Waals surface area contributed by atoms with E-state index in [1.54, 1.807) is 19.3 Å². The van der Waals surface area contributed by atoms with Crippen LogP contribution in [0.15, 0.2) is 12.3 Å². The Balaban J connectivity index is 2.37. The number of nitrogens with one attached hydrogen (secondary N) is 2. The Hall–Kier alpha value is -2.05. The highest BCUT2D eigenvalue weighted by Crippen LogP contribution is 2.01. The van der Waals surface area contributed by atoms with Gasteiger partial charge in [-0.05, 0) is 0 Å². The summed E-state index contributed by atoms with van der Waals surface area (Å²) >= 11 is 0. The van der Waals surface area contributed by atoms with E-state index in [-0.39, 0.29) is 6.54 Å². The molecule has 2 N–H and O–H groups in total. The van der Waals surface area contributed by atoms with Crippen molar-refractivity contribution in [2.75, 3.05) is 19.0 Å². The molecule has 0 aliphatic heterocycles. The molecule has 0 aliphatic rings. The van der Waals surface area contributed by atoms with Crippen LogP contribution in [0.25, 0.3) is 0 Å². The van der Waals surface area contributed by atoms with Crippen LogP contribution in [-0.4, -0.2) is 35.4 Å².